The van der Waals surface area contributed by atoms with E-state index in [1.807, 2.05) is 43.3 Å². The number of nitrogens with one attached hydrogen (secondary N) is 1. The molecule has 144 valence electrons. The Morgan fingerprint density at radius 1 is 1.21 bits per heavy atom. The topological polar surface area (TPSA) is 60.3 Å². The van der Waals surface area contributed by atoms with Crippen molar-refractivity contribution < 1.29 is 9.53 Å². The van der Waals surface area contributed by atoms with Gasteiger partial charge in [-0.05, 0) is 48.9 Å². The van der Waals surface area contributed by atoms with Gasteiger partial charge < -0.3 is 10.1 Å². The van der Waals surface area contributed by atoms with Crippen LogP contribution in [-0.2, 0) is 6.54 Å². The molecule has 1 amide bonds. The second-order valence-electron chi connectivity index (χ2n) is 7.09. The van der Waals surface area contributed by atoms with Crippen LogP contribution in [0.3, 0.4) is 0 Å². The number of rotatable bonds is 7. The van der Waals surface area contributed by atoms with Crippen molar-refractivity contribution in [3.05, 3.63) is 81.1 Å². The first kappa shape index (κ1) is 18.5. The lowest BCUT2D eigenvalue weighted by molar-refractivity contribution is 0.0954. The van der Waals surface area contributed by atoms with E-state index in [1.54, 1.807) is 16.8 Å². The number of pyridine rings is 1. The molecule has 0 atom stereocenters. The van der Waals surface area contributed by atoms with E-state index in [0.29, 0.717) is 29.7 Å². The maximum absolute atomic E-state index is 12.6. The van der Waals surface area contributed by atoms with E-state index in [0.717, 1.165) is 16.1 Å². The van der Waals surface area contributed by atoms with E-state index in [-0.39, 0.29) is 11.5 Å². The van der Waals surface area contributed by atoms with Crippen LogP contribution >= 0.6 is 11.3 Å². The molecule has 6 heteroatoms. The molecule has 0 unspecified atom stereocenters. The average Bonchev–Trinajstić information content (AvgIpc) is 3.46. The summed E-state index contributed by atoms with van der Waals surface area (Å²) in [6.45, 7) is 3.03. The van der Waals surface area contributed by atoms with Gasteiger partial charge in [-0.25, -0.2) is 0 Å². The fourth-order valence-electron chi connectivity index (χ4n) is 2.90. The van der Waals surface area contributed by atoms with Gasteiger partial charge in [0.25, 0.3) is 11.5 Å². The predicted molar refractivity (Wildman–Crippen MR) is 110 cm³/mol. The Balaban J connectivity index is 1.47. The predicted octanol–water partition coefficient (Wildman–Crippen LogP) is 3.93. The summed E-state index contributed by atoms with van der Waals surface area (Å²) in [6, 6.07) is 15.0. The van der Waals surface area contributed by atoms with Crippen LogP contribution in [0.4, 0.5) is 0 Å². The fraction of sp³-hybridized carbons (Fsp3) is 0.273. The van der Waals surface area contributed by atoms with Crippen LogP contribution in [0.25, 0.3) is 5.00 Å². The highest BCUT2D eigenvalue weighted by molar-refractivity contribution is 7.16. The third-order valence-electron chi connectivity index (χ3n) is 4.72. The number of hydrogen-bond donors (Lipinski definition) is 1. The number of thiophene rings is 1. The first-order chi connectivity index (χ1) is 13.6. The molecular formula is C22H22N2O3S. The van der Waals surface area contributed by atoms with Crippen molar-refractivity contribution in [3.63, 3.8) is 0 Å². The summed E-state index contributed by atoms with van der Waals surface area (Å²) in [6.07, 6.45) is 4.13. The van der Waals surface area contributed by atoms with Crippen molar-refractivity contribution in [3.8, 4) is 10.8 Å². The molecule has 2 aromatic heterocycles. The minimum atomic E-state index is -0.161. The molecule has 0 radical (unpaired) electrons. The normalized spacial score (nSPS) is 13.3. The Morgan fingerprint density at radius 3 is 2.71 bits per heavy atom. The summed E-state index contributed by atoms with van der Waals surface area (Å²) < 4.78 is 7.22. The van der Waals surface area contributed by atoms with Gasteiger partial charge in [-0.2, -0.15) is 0 Å². The zero-order valence-corrected chi connectivity index (χ0v) is 16.5. The van der Waals surface area contributed by atoms with Crippen molar-refractivity contribution >= 4 is 17.2 Å². The van der Waals surface area contributed by atoms with Crippen LogP contribution in [-0.4, -0.2) is 17.1 Å². The lowest BCUT2D eigenvalue weighted by Crippen LogP contribution is -2.22. The largest absolute Gasteiger partial charge is 0.493 e. The van der Waals surface area contributed by atoms with Crippen LogP contribution in [0.5, 0.6) is 5.75 Å². The smallest absolute Gasteiger partial charge is 0.261 e. The molecule has 0 spiro atoms. The van der Waals surface area contributed by atoms with E-state index >= 15 is 0 Å². The van der Waals surface area contributed by atoms with E-state index in [4.69, 9.17) is 4.74 Å². The molecule has 3 aromatic rings. The van der Waals surface area contributed by atoms with E-state index in [9.17, 15) is 9.59 Å². The van der Waals surface area contributed by atoms with Crippen LogP contribution in [0.1, 0.15) is 33.6 Å². The summed E-state index contributed by atoms with van der Waals surface area (Å²) in [5.74, 6) is 1.11. The first-order valence-electron chi connectivity index (χ1n) is 9.38. The standard InChI is InChI=1S/C22H22N2O3S/c1-15-11-20(24-10-9-18(12-19(24)25)27-14-17-7-8-17)28-21(15)22(26)23-13-16-5-3-2-4-6-16/h2-6,9-12,17H,7-8,13-14H2,1H3,(H,23,26). The number of aryl methyl sites for hydroxylation is 1. The maximum atomic E-state index is 12.6. The van der Waals surface area contributed by atoms with Crippen molar-refractivity contribution in [1.82, 2.24) is 9.88 Å². The Bertz CT molecular complexity index is 1040. The molecule has 28 heavy (non-hydrogen) atoms. The number of benzene rings is 1. The van der Waals surface area contributed by atoms with E-state index < -0.39 is 0 Å². The van der Waals surface area contributed by atoms with Crippen LogP contribution < -0.4 is 15.6 Å². The first-order valence-corrected chi connectivity index (χ1v) is 10.2. The van der Waals surface area contributed by atoms with E-state index in [2.05, 4.69) is 5.32 Å². The van der Waals surface area contributed by atoms with Gasteiger partial charge in [-0.15, -0.1) is 11.3 Å². The number of carbonyl (C=O) groups excluding carboxylic acids is 1. The number of hydrogen-bond acceptors (Lipinski definition) is 4. The molecule has 5 nitrogen and oxygen atoms in total. The summed E-state index contributed by atoms with van der Waals surface area (Å²) in [4.78, 5) is 25.7. The van der Waals surface area contributed by atoms with Crippen molar-refractivity contribution in [2.24, 2.45) is 5.92 Å². The van der Waals surface area contributed by atoms with Crippen LogP contribution in [0.2, 0.25) is 0 Å². The molecule has 1 aromatic carbocycles. The van der Waals surface area contributed by atoms with Crippen LogP contribution in [0, 0.1) is 12.8 Å². The Morgan fingerprint density at radius 2 is 2.00 bits per heavy atom. The lowest BCUT2D eigenvalue weighted by atomic mass is 10.2. The van der Waals surface area contributed by atoms with E-state index in [1.165, 1.54) is 30.2 Å². The molecular weight excluding hydrogens is 372 g/mol. The monoisotopic (exact) mass is 394 g/mol. The molecule has 1 saturated carbocycles. The second kappa shape index (κ2) is 8.02. The van der Waals surface area contributed by atoms with Gasteiger partial charge in [-0.3, -0.25) is 14.2 Å². The maximum Gasteiger partial charge on any atom is 0.261 e. The highest BCUT2D eigenvalue weighted by Crippen LogP contribution is 2.29. The highest BCUT2D eigenvalue weighted by Gasteiger charge is 2.22. The quantitative estimate of drug-likeness (QED) is 0.661. The van der Waals surface area contributed by atoms with Gasteiger partial charge in [0.15, 0.2) is 0 Å². The Hall–Kier alpha value is -2.86. The fourth-order valence-corrected chi connectivity index (χ4v) is 3.98. The van der Waals surface area contributed by atoms with Gasteiger partial charge in [-0.1, -0.05) is 30.3 Å². The Labute approximate surface area is 167 Å². The minimum absolute atomic E-state index is 0.130. The number of nitrogens with zero attached hydrogens (tertiary/aromatic N) is 1. The second-order valence-corrected chi connectivity index (χ2v) is 8.12. The van der Waals surface area contributed by atoms with Crippen molar-refractivity contribution in [2.75, 3.05) is 6.61 Å². The number of carbonyl (C=O) groups is 1. The molecule has 4 rings (SSSR count). The van der Waals surface area contributed by atoms with Crippen molar-refractivity contribution in [1.29, 1.82) is 0 Å². The average molecular weight is 394 g/mol. The number of aromatic nitrogens is 1. The SMILES string of the molecule is Cc1cc(-n2ccc(OCC3CC3)cc2=O)sc1C(=O)NCc1ccccc1. The molecule has 0 saturated heterocycles. The highest BCUT2D eigenvalue weighted by atomic mass is 32.1. The lowest BCUT2D eigenvalue weighted by Gasteiger charge is -2.07. The third kappa shape index (κ3) is 4.34. The summed E-state index contributed by atoms with van der Waals surface area (Å²) in [7, 11) is 0. The summed E-state index contributed by atoms with van der Waals surface area (Å²) >= 11 is 1.31. The van der Waals surface area contributed by atoms with Gasteiger partial charge in [0.2, 0.25) is 0 Å². The van der Waals surface area contributed by atoms with Crippen LogP contribution in [0.15, 0.2) is 59.5 Å². The molecule has 1 aliphatic carbocycles. The molecule has 0 bridgehead atoms. The Kier molecular flexibility index (Phi) is 5.30. The minimum Gasteiger partial charge on any atom is -0.493 e. The zero-order valence-electron chi connectivity index (χ0n) is 15.7. The van der Waals surface area contributed by atoms with Gasteiger partial charge >= 0.3 is 0 Å². The summed E-state index contributed by atoms with van der Waals surface area (Å²) in [5, 5.41) is 3.67. The number of amides is 1. The molecule has 1 fully saturated rings. The van der Waals surface area contributed by atoms with Gasteiger partial charge in [0.05, 0.1) is 11.5 Å². The summed E-state index contributed by atoms with van der Waals surface area (Å²) in [5.41, 5.74) is 1.74. The van der Waals surface area contributed by atoms with Gasteiger partial charge in [0.1, 0.15) is 10.8 Å². The molecule has 1 N–H and O–H groups in total. The zero-order chi connectivity index (χ0) is 19.5. The molecule has 1 aliphatic rings. The molecule has 0 aliphatic heterocycles. The van der Waals surface area contributed by atoms with Crippen molar-refractivity contribution in [2.45, 2.75) is 26.3 Å². The third-order valence-corrected chi connectivity index (χ3v) is 5.95. The van der Waals surface area contributed by atoms with Gasteiger partial charge in [0, 0.05) is 18.8 Å². The molecule has 2 heterocycles. The number of ether oxygens (including phenoxy) is 1.